The standard InChI is InChI=1S/C17H19FN2O2S.ClH/c1-12-10-14(18)6-7-17(12)23(21,22)20-11-16-15-5-3-2-4-13(15)8-9-19-16;/h2-7,10,16,19-20H,8-9,11H2,1H3;1H. The predicted molar refractivity (Wildman–Crippen MR) is 94.5 cm³/mol. The molecule has 1 unspecified atom stereocenters. The molecule has 0 spiro atoms. The van der Waals surface area contributed by atoms with E-state index in [-0.39, 0.29) is 29.9 Å². The summed E-state index contributed by atoms with van der Waals surface area (Å²) < 4.78 is 40.7. The Kier molecular flexibility index (Phi) is 5.98. The zero-order chi connectivity index (χ0) is 16.4. The Morgan fingerprint density at radius 3 is 2.75 bits per heavy atom. The fourth-order valence-electron chi connectivity index (χ4n) is 2.96. The van der Waals surface area contributed by atoms with Crippen LogP contribution in [0.2, 0.25) is 0 Å². The van der Waals surface area contributed by atoms with Gasteiger partial charge in [-0.1, -0.05) is 24.3 Å². The van der Waals surface area contributed by atoms with E-state index in [1.165, 1.54) is 17.7 Å². The van der Waals surface area contributed by atoms with Crippen molar-refractivity contribution in [2.45, 2.75) is 24.3 Å². The first-order valence-corrected chi connectivity index (χ1v) is 9.03. The summed E-state index contributed by atoms with van der Waals surface area (Å²) in [7, 11) is -3.67. The first-order valence-electron chi connectivity index (χ1n) is 7.54. The second kappa shape index (κ2) is 7.61. The van der Waals surface area contributed by atoms with E-state index in [4.69, 9.17) is 0 Å². The summed E-state index contributed by atoms with van der Waals surface area (Å²) >= 11 is 0. The molecule has 3 rings (SSSR count). The monoisotopic (exact) mass is 370 g/mol. The maximum atomic E-state index is 13.2. The normalized spacial score (nSPS) is 17.0. The van der Waals surface area contributed by atoms with Crippen molar-refractivity contribution >= 4 is 22.4 Å². The summed E-state index contributed by atoms with van der Waals surface area (Å²) in [5, 5.41) is 3.34. The number of sulfonamides is 1. The molecule has 0 radical (unpaired) electrons. The summed E-state index contributed by atoms with van der Waals surface area (Å²) in [6, 6.07) is 11.7. The van der Waals surface area contributed by atoms with Gasteiger partial charge in [-0.3, -0.25) is 0 Å². The van der Waals surface area contributed by atoms with E-state index in [0.29, 0.717) is 5.56 Å². The van der Waals surface area contributed by atoms with Crippen molar-refractivity contribution in [3.05, 3.63) is 65.0 Å². The van der Waals surface area contributed by atoms with Crippen LogP contribution in [-0.2, 0) is 16.4 Å². The third-order valence-electron chi connectivity index (χ3n) is 4.12. The van der Waals surface area contributed by atoms with Crippen LogP contribution in [-0.4, -0.2) is 21.5 Å². The highest BCUT2D eigenvalue weighted by Gasteiger charge is 2.23. The molecular weight excluding hydrogens is 351 g/mol. The number of benzene rings is 2. The predicted octanol–water partition coefficient (Wildman–Crippen LogP) is 2.72. The minimum absolute atomic E-state index is 0. The van der Waals surface area contributed by atoms with Gasteiger partial charge in [0.2, 0.25) is 10.0 Å². The molecule has 0 aliphatic carbocycles. The van der Waals surface area contributed by atoms with Gasteiger partial charge in [0.05, 0.1) is 4.90 Å². The second-order valence-corrected chi connectivity index (χ2v) is 7.45. The number of hydrogen-bond donors (Lipinski definition) is 2. The second-order valence-electron chi connectivity index (χ2n) is 5.72. The minimum atomic E-state index is -3.67. The van der Waals surface area contributed by atoms with Gasteiger partial charge in [0, 0.05) is 12.6 Å². The minimum Gasteiger partial charge on any atom is -0.308 e. The Balaban J connectivity index is 0.00000208. The Labute approximate surface area is 147 Å². The van der Waals surface area contributed by atoms with Crippen molar-refractivity contribution in [1.29, 1.82) is 0 Å². The maximum Gasteiger partial charge on any atom is 0.240 e. The number of rotatable bonds is 4. The van der Waals surface area contributed by atoms with Crippen LogP contribution in [0.15, 0.2) is 47.4 Å². The number of halogens is 2. The molecule has 0 bridgehead atoms. The Morgan fingerprint density at radius 1 is 1.25 bits per heavy atom. The lowest BCUT2D eigenvalue weighted by Crippen LogP contribution is -2.39. The first-order chi connectivity index (χ1) is 11.0. The van der Waals surface area contributed by atoms with E-state index in [0.717, 1.165) is 24.6 Å². The highest BCUT2D eigenvalue weighted by molar-refractivity contribution is 7.89. The fourth-order valence-corrected chi connectivity index (χ4v) is 4.23. The van der Waals surface area contributed by atoms with Crippen molar-refractivity contribution in [2.24, 2.45) is 0 Å². The fraction of sp³-hybridized carbons (Fsp3) is 0.294. The largest absolute Gasteiger partial charge is 0.308 e. The molecule has 4 nitrogen and oxygen atoms in total. The maximum absolute atomic E-state index is 13.2. The van der Waals surface area contributed by atoms with E-state index >= 15 is 0 Å². The zero-order valence-electron chi connectivity index (χ0n) is 13.3. The molecule has 2 aromatic carbocycles. The van der Waals surface area contributed by atoms with Crippen LogP contribution in [0.4, 0.5) is 4.39 Å². The number of nitrogens with one attached hydrogen (secondary N) is 2. The smallest absolute Gasteiger partial charge is 0.240 e. The molecule has 130 valence electrons. The molecule has 1 aliphatic heterocycles. The van der Waals surface area contributed by atoms with Gasteiger partial charge >= 0.3 is 0 Å². The zero-order valence-corrected chi connectivity index (χ0v) is 14.9. The molecule has 7 heteroatoms. The molecule has 1 heterocycles. The molecule has 24 heavy (non-hydrogen) atoms. The molecule has 0 fully saturated rings. The van der Waals surface area contributed by atoms with Gasteiger partial charge in [-0.2, -0.15) is 0 Å². The van der Waals surface area contributed by atoms with Crippen LogP contribution in [0.25, 0.3) is 0 Å². The van der Waals surface area contributed by atoms with Crippen molar-refractivity contribution in [2.75, 3.05) is 13.1 Å². The van der Waals surface area contributed by atoms with E-state index in [1.807, 2.05) is 18.2 Å². The molecule has 0 saturated carbocycles. The molecule has 0 saturated heterocycles. The third-order valence-corrected chi connectivity index (χ3v) is 5.70. The average molecular weight is 371 g/mol. The van der Waals surface area contributed by atoms with Gasteiger partial charge in [0.1, 0.15) is 5.82 Å². The van der Waals surface area contributed by atoms with Crippen LogP contribution in [0, 0.1) is 12.7 Å². The highest BCUT2D eigenvalue weighted by atomic mass is 35.5. The van der Waals surface area contributed by atoms with Crippen molar-refractivity contribution < 1.29 is 12.8 Å². The Bertz CT molecular complexity index is 827. The number of hydrogen-bond acceptors (Lipinski definition) is 3. The number of fused-ring (bicyclic) bond motifs is 1. The van der Waals surface area contributed by atoms with Gasteiger partial charge in [-0.15, -0.1) is 12.4 Å². The topological polar surface area (TPSA) is 58.2 Å². The van der Waals surface area contributed by atoms with Crippen molar-refractivity contribution in [3.63, 3.8) is 0 Å². The Morgan fingerprint density at radius 2 is 2.00 bits per heavy atom. The molecule has 1 atom stereocenters. The summed E-state index contributed by atoms with van der Waals surface area (Å²) in [5.74, 6) is -0.440. The van der Waals surface area contributed by atoms with E-state index in [9.17, 15) is 12.8 Å². The van der Waals surface area contributed by atoms with E-state index in [1.54, 1.807) is 6.92 Å². The Hall–Kier alpha value is -1.47. The van der Waals surface area contributed by atoms with Crippen molar-refractivity contribution in [1.82, 2.24) is 10.0 Å². The molecule has 2 aromatic rings. The van der Waals surface area contributed by atoms with Gasteiger partial charge in [-0.25, -0.2) is 17.5 Å². The molecule has 2 N–H and O–H groups in total. The lowest BCUT2D eigenvalue weighted by atomic mass is 9.95. The van der Waals surface area contributed by atoms with E-state index < -0.39 is 15.8 Å². The molecule has 0 aromatic heterocycles. The van der Waals surface area contributed by atoms with Gasteiger partial charge in [0.25, 0.3) is 0 Å². The molecular formula is C17H20ClFN2O2S. The summed E-state index contributed by atoms with van der Waals surface area (Å²) in [4.78, 5) is 0.114. The van der Waals surface area contributed by atoms with Gasteiger partial charge < -0.3 is 5.32 Å². The third kappa shape index (κ3) is 3.95. The van der Waals surface area contributed by atoms with Gasteiger partial charge in [0.15, 0.2) is 0 Å². The summed E-state index contributed by atoms with van der Waals surface area (Å²) in [5.41, 5.74) is 2.76. The SMILES string of the molecule is Cc1cc(F)ccc1S(=O)(=O)NCC1NCCc2ccccc21.Cl. The van der Waals surface area contributed by atoms with Crippen molar-refractivity contribution in [3.8, 4) is 0 Å². The van der Waals surface area contributed by atoms with Crippen LogP contribution >= 0.6 is 12.4 Å². The summed E-state index contributed by atoms with van der Waals surface area (Å²) in [6.07, 6.45) is 0.941. The lowest BCUT2D eigenvalue weighted by Gasteiger charge is -2.27. The number of aryl methyl sites for hydroxylation is 1. The highest BCUT2D eigenvalue weighted by Crippen LogP contribution is 2.23. The van der Waals surface area contributed by atoms with Gasteiger partial charge in [-0.05, 0) is 54.8 Å². The lowest BCUT2D eigenvalue weighted by molar-refractivity contribution is 0.491. The van der Waals surface area contributed by atoms with Crippen LogP contribution < -0.4 is 10.0 Å². The van der Waals surface area contributed by atoms with Crippen LogP contribution in [0.3, 0.4) is 0 Å². The molecule has 0 amide bonds. The average Bonchev–Trinajstić information content (AvgIpc) is 2.52. The molecule has 1 aliphatic rings. The van der Waals surface area contributed by atoms with Crippen LogP contribution in [0.1, 0.15) is 22.7 Å². The quantitative estimate of drug-likeness (QED) is 0.870. The summed E-state index contributed by atoms with van der Waals surface area (Å²) in [6.45, 7) is 2.67. The first kappa shape index (κ1) is 18.9. The van der Waals surface area contributed by atoms with Crippen LogP contribution in [0.5, 0.6) is 0 Å². The van der Waals surface area contributed by atoms with E-state index in [2.05, 4.69) is 16.1 Å².